The molecule has 0 fully saturated rings. The normalized spacial score (nSPS) is 12.0. The SMILES string of the molecule is COc1cc2c(cc1NC(=O)c1sc3nc(C(F)(F)F)cc(-c4ccco4)c3c1N)oc1ccccc12. The number of carbonyl (C=O) groups is 1. The van der Waals surface area contributed by atoms with E-state index in [0.717, 1.165) is 28.2 Å². The van der Waals surface area contributed by atoms with Gasteiger partial charge in [0.25, 0.3) is 5.91 Å². The van der Waals surface area contributed by atoms with E-state index in [4.69, 9.17) is 19.3 Å². The number of fused-ring (bicyclic) bond motifs is 4. The molecule has 37 heavy (non-hydrogen) atoms. The molecular weight excluding hydrogens is 507 g/mol. The van der Waals surface area contributed by atoms with Crippen molar-refractivity contribution in [1.82, 2.24) is 4.98 Å². The highest BCUT2D eigenvalue weighted by atomic mass is 32.1. The molecule has 186 valence electrons. The predicted molar refractivity (Wildman–Crippen MR) is 135 cm³/mol. The van der Waals surface area contributed by atoms with Gasteiger partial charge in [-0.3, -0.25) is 4.79 Å². The van der Waals surface area contributed by atoms with E-state index in [2.05, 4.69) is 10.3 Å². The molecule has 4 aromatic heterocycles. The fourth-order valence-electron chi connectivity index (χ4n) is 4.26. The highest BCUT2D eigenvalue weighted by molar-refractivity contribution is 7.21. The van der Waals surface area contributed by atoms with Gasteiger partial charge >= 0.3 is 6.18 Å². The topological polar surface area (TPSA) is 104 Å². The first kappa shape index (κ1) is 22.9. The maximum Gasteiger partial charge on any atom is 0.433 e. The Morgan fingerprint density at radius 1 is 1.08 bits per heavy atom. The van der Waals surface area contributed by atoms with Gasteiger partial charge in [0.1, 0.15) is 38.1 Å². The number of furan rings is 2. The molecule has 1 amide bonds. The van der Waals surface area contributed by atoms with Crippen LogP contribution in [0.2, 0.25) is 0 Å². The first-order chi connectivity index (χ1) is 17.7. The molecule has 6 rings (SSSR count). The quantitative estimate of drug-likeness (QED) is 0.251. The van der Waals surface area contributed by atoms with Gasteiger partial charge in [-0.25, -0.2) is 4.98 Å². The van der Waals surface area contributed by atoms with Gasteiger partial charge < -0.3 is 24.6 Å². The third-order valence-corrected chi connectivity index (χ3v) is 7.03. The van der Waals surface area contributed by atoms with Gasteiger partial charge in [-0.1, -0.05) is 18.2 Å². The van der Waals surface area contributed by atoms with Gasteiger partial charge in [0.2, 0.25) is 0 Å². The highest BCUT2D eigenvalue weighted by Gasteiger charge is 2.35. The molecule has 0 aliphatic rings. The van der Waals surface area contributed by atoms with Gasteiger partial charge in [0.15, 0.2) is 0 Å². The van der Waals surface area contributed by atoms with Crippen molar-refractivity contribution in [3.05, 3.63) is 71.4 Å². The monoisotopic (exact) mass is 523 g/mol. The molecule has 11 heteroatoms. The van der Waals surface area contributed by atoms with Crippen molar-refractivity contribution in [3.8, 4) is 17.1 Å². The summed E-state index contributed by atoms with van der Waals surface area (Å²) in [5, 5.41) is 4.65. The Kier molecular flexibility index (Phi) is 5.12. The minimum absolute atomic E-state index is 0.00128. The Hall–Kier alpha value is -4.51. The number of hydrogen-bond donors (Lipinski definition) is 2. The van der Waals surface area contributed by atoms with Crippen molar-refractivity contribution < 1.29 is 31.5 Å². The number of amides is 1. The van der Waals surface area contributed by atoms with Crippen LogP contribution in [0.4, 0.5) is 24.5 Å². The van der Waals surface area contributed by atoms with E-state index in [-0.39, 0.29) is 32.1 Å². The lowest BCUT2D eigenvalue weighted by molar-refractivity contribution is -0.140. The Morgan fingerprint density at radius 3 is 2.62 bits per heavy atom. The van der Waals surface area contributed by atoms with Crippen molar-refractivity contribution in [2.45, 2.75) is 6.18 Å². The minimum atomic E-state index is -4.70. The summed E-state index contributed by atoms with van der Waals surface area (Å²) in [5.41, 5.74) is 6.79. The second-order valence-electron chi connectivity index (χ2n) is 8.16. The van der Waals surface area contributed by atoms with Crippen molar-refractivity contribution in [3.63, 3.8) is 0 Å². The number of rotatable bonds is 4. The largest absolute Gasteiger partial charge is 0.495 e. The number of pyridine rings is 1. The zero-order chi connectivity index (χ0) is 25.9. The number of aromatic nitrogens is 1. The summed E-state index contributed by atoms with van der Waals surface area (Å²) in [7, 11) is 1.46. The van der Waals surface area contributed by atoms with Crippen LogP contribution >= 0.6 is 11.3 Å². The number of anilines is 2. The molecule has 0 saturated heterocycles. The van der Waals surface area contributed by atoms with Gasteiger partial charge in [-0.2, -0.15) is 13.2 Å². The van der Waals surface area contributed by atoms with Crippen LogP contribution in [0, 0.1) is 0 Å². The molecule has 2 aromatic carbocycles. The number of benzene rings is 2. The molecule has 6 aromatic rings. The minimum Gasteiger partial charge on any atom is -0.495 e. The molecule has 0 aliphatic carbocycles. The number of ether oxygens (including phenoxy) is 1. The Bertz CT molecular complexity index is 1820. The van der Waals surface area contributed by atoms with Gasteiger partial charge in [-0.15, -0.1) is 11.3 Å². The van der Waals surface area contributed by atoms with Gasteiger partial charge in [0.05, 0.1) is 24.7 Å². The fraction of sp³-hybridized carbons (Fsp3) is 0.0769. The summed E-state index contributed by atoms with van der Waals surface area (Å²) < 4.78 is 57.4. The second kappa shape index (κ2) is 8.27. The Morgan fingerprint density at radius 2 is 1.89 bits per heavy atom. The van der Waals surface area contributed by atoms with Crippen LogP contribution in [0.5, 0.6) is 5.75 Å². The fourth-order valence-corrected chi connectivity index (χ4v) is 5.27. The van der Waals surface area contributed by atoms with E-state index in [9.17, 15) is 18.0 Å². The van der Waals surface area contributed by atoms with E-state index >= 15 is 0 Å². The third-order valence-electron chi connectivity index (χ3n) is 5.93. The predicted octanol–water partition coefficient (Wildman–Crippen LogP) is 7.32. The van der Waals surface area contributed by atoms with E-state index in [0.29, 0.717) is 22.6 Å². The summed E-state index contributed by atoms with van der Waals surface area (Å²) in [6.07, 6.45) is -3.36. The zero-order valence-electron chi connectivity index (χ0n) is 19.0. The lowest BCUT2D eigenvalue weighted by Gasteiger charge is -2.10. The van der Waals surface area contributed by atoms with Crippen molar-refractivity contribution in [1.29, 1.82) is 0 Å². The lowest BCUT2D eigenvalue weighted by Crippen LogP contribution is -2.12. The number of alkyl halides is 3. The number of halogens is 3. The second-order valence-corrected chi connectivity index (χ2v) is 9.16. The van der Waals surface area contributed by atoms with Crippen LogP contribution in [0.3, 0.4) is 0 Å². The Labute approximate surface area is 210 Å². The molecule has 0 radical (unpaired) electrons. The average Bonchev–Trinajstić information content (AvgIpc) is 3.60. The number of thiophene rings is 1. The molecule has 0 atom stereocenters. The van der Waals surface area contributed by atoms with Crippen molar-refractivity contribution in [2.24, 2.45) is 0 Å². The number of methoxy groups -OCH3 is 1. The third kappa shape index (κ3) is 3.75. The summed E-state index contributed by atoms with van der Waals surface area (Å²) in [6.45, 7) is 0. The van der Waals surface area contributed by atoms with Gasteiger partial charge in [0, 0.05) is 27.8 Å². The summed E-state index contributed by atoms with van der Waals surface area (Å²) >= 11 is 0.760. The number of nitrogens with two attached hydrogens (primary N) is 1. The van der Waals surface area contributed by atoms with Crippen LogP contribution in [0.25, 0.3) is 43.5 Å². The van der Waals surface area contributed by atoms with E-state index in [1.165, 1.54) is 19.4 Å². The Balaban J connectivity index is 1.46. The summed E-state index contributed by atoms with van der Waals surface area (Å²) in [6, 6.07) is 14.8. The lowest BCUT2D eigenvalue weighted by atomic mass is 10.1. The number of nitrogen functional groups attached to an aromatic ring is 1. The molecule has 0 aliphatic heterocycles. The smallest absolute Gasteiger partial charge is 0.433 e. The average molecular weight is 523 g/mol. The number of carbonyl (C=O) groups excluding carboxylic acids is 1. The first-order valence-corrected chi connectivity index (χ1v) is 11.7. The van der Waals surface area contributed by atoms with Crippen molar-refractivity contribution in [2.75, 3.05) is 18.2 Å². The van der Waals surface area contributed by atoms with Crippen molar-refractivity contribution >= 4 is 60.8 Å². The van der Waals surface area contributed by atoms with E-state index in [1.807, 2.05) is 24.3 Å². The van der Waals surface area contributed by atoms with Crippen LogP contribution in [-0.4, -0.2) is 18.0 Å². The number of nitrogens with one attached hydrogen (secondary N) is 1. The molecule has 4 heterocycles. The molecule has 7 nitrogen and oxygen atoms in total. The molecule has 0 bridgehead atoms. The first-order valence-electron chi connectivity index (χ1n) is 10.9. The summed E-state index contributed by atoms with van der Waals surface area (Å²) in [5.74, 6) is -0.0829. The van der Waals surface area contributed by atoms with E-state index < -0.39 is 17.8 Å². The highest BCUT2D eigenvalue weighted by Crippen LogP contribution is 2.43. The zero-order valence-corrected chi connectivity index (χ0v) is 19.8. The number of para-hydroxylation sites is 1. The molecule has 0 unspecified atom stereocenters. The maximum absolute atomic E-state index is 13.6. The van der Waals surface area contributed by atoms with E-state index in [1.54, 1.807) is 18.2 Å². The molecule has 3 N–H and O–H groups in total. The van der Waals surface area contributed by atoms with Crippen LogP contribution in [0.15, 0.2) is 69.7 Å². The molecule has 0 saturated carbocycles. The number of nitrogens with zero attached hydrogens (tertiary/aromatic N) is 1. The molecule has 0 spiro atoms. The van der Waals surface area contributed by atoms with Crippen LogP contribution in [-0.2, 0) is 6.18 Å². The summed E-state index contributed by atoms with van der Waals surface area (Å²) in [4.78, 5) is 17.0. The molecular formula is C26H16F3N3O4S. The number of hydrogen-bond acceptors (Lipinski definition) is 7. The van der Waals surface area contributed by atoms with Crippen LogP contribution in [0.1, 0.15) is 15.4 Å². The maximum atomic E-state index is 13.6. The van der Waals surface area contributed by atoms with Crippen LogP contribution < -0.4 is 15.8 Å². The van der Waals surface area contributed by atoms with Gasteiger partial charge in [-0.05, 0) is 30.3 Å². The standard InChI is InChI=1S/C26H16F3N3O4S/c1-34-19-9-13-12-5-2-3-6-17(12)36-18(13)11-15(19)31-24(33)23-22(30)21-14(16-7-4-8-35-16)10-20(26(27,28)29)32-25(21)37-23/h2-11H,30H2,1H3,(H,31,33).